The van der Waals surface area contributed by atoms with Crippen LogP contribution in [0.4, 0.5) is 13.2 Å². The van der Waals surface area contributed by atoms with Crippen molar-refractivity contribution >= 4 is 33.5 Å². The number of carbonyl (C=O) groups is 2. The van der Waals surface area contributed by atoms with Gasteiger partial charge in [0.05, 0.1) is 22.6 Å². The van der Waals surface area contributed by atoms with E-state index < -0.39 is 49.6 Å². The van der Waals surface area contributed by atoms with Gasteiger partial charge >= 0.3 is 12.1 Å². The first-order valence-corrected chi connectivity index (χ1v) is 11.5. The van der Waals surface area contributed by atoms with Gasteiger partial charge in [-0.15, -0.1) is 0 Å². The van der Waals surface area contributed by atoms with E-state index in [4.69, 9.17) is 16.3 Å². The van der Waals surface area contributed by atoms with Gasteiger partial charge in [-0.25, -0.2) is 13.2 Å². The minimum absolute atomic E-state index is 0.0144. The normalized spacial score (nSPS) is 21.3. The Hall–Kier alpha value is -1.85. The van der Waals surface area contributed by atoms with E-state index in [0.717, 1.165) is 16.4 Å². The summed E-state index contributed by atoms with van der Waals surface area (Å²) in [4.78, 5) is 25.7. The monoisotopic (exact) mass is 482 g/mol. The largest absolute Gasteiger partial charge is 0.467 e. The van der Waals surface area contributed by atoms with Crippen LogP contribution >= 0.6 is 11.6 Å². The van der Waals surface area contributed by atoms with Crippen molar-refractivity contribution in [3.05, 3.63) is 28.8 Å². The first kappa shape index (κ1) is 23.8. The molecule has 2 aliphatic heterocycles. The summed E-state index contributed by atoms with van der Waals surface area (Å²) < 4.78 is 70.8. The number of hydrogen-bond acceptors (Lipinski definition) is 5. The molecule has 12 heteroatoms. The summed E-state index contributed by atoms with van der Waals surface area (Å²) >= 11 is 5.57. The fourth-order valence-corrected chi connectivity index (χ4v) is 5.74. The lowest BCUT2D eigenvalue weighted by Crippen LogP contribution is -2.47. The predicted octanol–water partition coefficient (Wildman–Crippen LogP) is 2.92. The Morgan fingerprint density at radius 3 is 2.35 bits per heavy atom. The summed E-state index contributed by atoms with van der Waals surface area (Å²) in [5, 5.41) is -0.582. The summed E-state index contributed by atoms with van der Waals surface area (Å²) in [5.74, 6) is -1.17. The lowest BCUT2D eigenvalue weighted by atomic mass is 9.96. The van der Waals surface area contributed by atoms with Crippen molar-refractivity contribution in [1.82, 2.24) is 9.21 Å². The molecule has 1 atom stereocenters. The van der Waals surface area contributed by atoms with Crippen molar-refractivity contribution in [1.29, 1.82) is 0 Å². The number of sulfonamides is 1. The second-order valence-electron chi connectivity index (χ2n) is 7.53. The lowest BCUT2D eigenvalue weighted by molar-refractivity contribution is -0.152. The Balaban J connectivity index is 1.70. The van der Waals surface area contributed by atoms with Crippen LogP contribution in [0.25, 0.3) is 0 Å². The standard InChI is InChI=1S/C19H22ClF3N2O5S/c1-30-18(27)16-3-2-8-25(16)17(26)12-6-9-24(10-7-12)31(28,29)13-4-5-15(20)14(11-13)19(21,22)23/h4-5,11-12,16H,2-3,6-10H2,1H3. The Bertz CT molecular complexity index is 962. The lowest BCUT2D eigenvalue weighted by Gasteiger charge is -2.33. The summed E-state index contributed by atoms with van der Waals surface area (Å²) in [5.41, 5.74) is -1.22. The average Bonchev–Trinajstić information content (AvgIpc) is 3.22. The fourth-order valence-electron chi connectivity index (χ4n) is 4.02. The van der Waals surface area contributed by atoms with Crippen LogP contribution < -0.4 is 0 Å². The van der Waals surface area contributed by atoms with Crippen LogP contribution in [0.3, 0.4) is 0 Å². The van der Waals surface area contributed by atoms with Crippen molar-refractivity contribution in [3.63, 3.8) is 0 Å². The molecular weight excluding hydrogens is 461 g/mol. The van der Waals surface area contributed by atoms with E-state index in [9.17, 15) is 31.2 Å². The average molecular weight is 483 g/mol. The summed E-state index contributed by atoms with van der Waals surface area (Å²) in [6.45, 7) is 0.404. The first-order valence-electron chi connectivity index (χ1n) is 9.72. The summed E-state index contributed by atoms with van der Waals surface area (Å²) in [7, 11) is -2.92. The number of piperidine rings is 1. The molecule has 0 bridgehead atoms. The molecule has 3 rings (SSSR count). The number of benzene rings is 1. The van der Waals surface area contributed by atoms with Gasteiger partial charge in [0.1, 0.15) is 6.04 Å². The number of amides is 1. The van der Waals surface area contributed by atoms with Gasteiger partial charge < -0.3 is 9.64 Å². The molecule has 1 aromatic carbocycles. The number of nitrogens with zero attached hydrogens (tertiary/aromatic N) is 2. The van der Waals surface area contributed by atoms with E-state index in [1.165, 1.54) is 12.0 Å². The van der Waals surface area contributed by atoms with E-state index in [-0.39, 0.29) is 31.8 Å². The molecule has 0 saturated carbocycles. The van der Waals surface area contributed by atoms with E-state index in [1.54, 1.807) is 0 Å². The van der Waals surface area contributed by atoms with Gasteiger partial charge in [-0.05, 0) is 43.9 Å². The Morgan fingerprint density at radius 2 is 1.77 bits per heavy atom. The third-order valence-corrected chi connectivity index (χ3v) is 7.92. The van der Waals surface area contributed by atoms with Crippen molar-refractivity contribution in [3.8, 4) is 0 Å². The SMILES string of the molecule is COC(=O)C1CCCN1C(=O)C1CCN(S(=O)(=O)c2ccc(Cl)c(C(F)(F)F)c2)CC1. The zero-order valence-corrected chi connectivity index (χ0v) is 18.3. The Morgan fingerprint density at radius 1 is 1.13 bits per heavy atom. The van der Waals surface area contributed by atoms with Gasteiger partial charge in [0.15, 0.2) is 0 Å². The van der Waals surface area contributed by atoms with Gasteiger partial charge in [-0.1, -0.05) is 11.6 Å². The van der Waals surface area contributed by atoms with Crippen LogP contribution in [0.15, 0.2) is 23.1 Å². The van der Waals surface area contributed by atoms with Gasteiger partial charge in [0, 0.05) is 25.6 Å². The second kappa shape index (κ2) is 8.95. The quantitative estimate of drug-likeness (QED) is 0.616. The highest BCUT2D eigenvalue weighted by atomic mass is 35.5. The van der Waals surface area contributed by atoms with Crippen molar-refractivity contribution in [2.45, 2.75) is 42.8 Å². The molecule has 1 unspecified atom stereocenters. The minimum Gasteiger partial charge on any atom is -0.467 e. The molecule has 172 valence electrons. The molecular formula is C19H22ClF3N2O5S. The van der Waals surface area contributed by atoms with Crippen molar-refractivity contribution in [2.75, 3.05) is 26.7 Å². The number of halogens is 4. The van der Waals surface area contributed by atoms with Crippen LogP contribution in [0.1, 0.15) is 31.2 Å². The van der Waals surface area contributed by atoms with Gasteiger partial charge in [-0.2, -0.15) is 17.5 Å². The maximum atomic E-state index is 13.1. The highest BCUT2D eigenvalue weighted by molar-refractivity contribution is 7.89. The highest BCUT2D eigenvalue weighted by Gasteiger charge is 2.40. The van der Waals surface area contributed by atoms with E-state index >= 15 is 0 Å². The van der Waals surface area contributed by atoms with Gasteiger partial charge in [0.25, 0.3) is 0 Å². The molecule has 2 heterocycles. The highest BCUT2D eigenvalue weighted by Crippen LogP contribution is 2.37. The van der Waals surface area contributed by atoms with Crippen LogP contribution in [0, 0.1) is 5.92 Å². The number of hydrogen-bond donors (Lipinski definition) is 0. The number of methoxy groups -OCH3 is 1. The molecule has 0 spiro atoms. The summed E-state index contributed by atoms with van der Waals surface area (Å²) in [6.07, 6.45) is -3.17. The molecule has 2 fully saturated rings. The molecule has 1 aromatic rings. The Labute approximate surface area is 183 Å². The van der Waals surface area contributed by atoms with Crippen LogP contribution in [0.2, 0.25) is 5.02 Å². The zero-order valence-electron chi connectivity index (χ0n) is 16.7. The minimum atomic E-state index is -4.78. The number of likely N-dealkylation sites (tertiary alicyclic amines) is 1. The fraction of sp³-hybridized carbons (Fsp3) is 0.579. The first-order chi connectivity index (χ1) is 14.5. The molecule has 2 saturated heterocycles. The van der Waals surface area contributed by atoms with E-state index in [1.807, 2.05) is 0 Å². The molecule has 7 nitrogen and oxygen atoms in total. The molecule has 0 aromatic heterocycles. The van der Waals surface area contributed by atoms with Crippen molar-refractivity contribution in [2.24, 2.45) is 5.92 Å². The number of alkyl halides is 3. The van der Waals surface area contributed by atoms with E-state index in [2.05, 4.69) is 0 Å². The summed E-state index contributed by atoms with van der Waals surface area (Å²) in [6, 6.07) is 1.85. The number of ether oxygens (including phenoxy) is 1. The van der Waals surface area contributed by atoms with Crippen LogP contribution in [0.5, 0.6) is 0 Å². The smallest absolute Gasteiger partial charge is 0.417 e. The topological polar surface area (TPSA) is 84.0 Å². The molecule has 0 radical (unpaired) electrons. The number of esters is 1. The Kier molecular flexibility index (Phi) is 6.87. The predicted molar refractivity (Wildman–Crippen MR) is 105 cm³/mol. The van der Waals surface area contributed by atoms with Gasteiger partial charge in [-0.3, -0.25) is 4.79 Å². The molecule has 0 aliphatic carbocycles. The number of rotatable bonds is 4. The van der Waals surface area contributed by atoms with Crippen LogP contribution in [-0.4, -0.2) is 62.3 Å². The molecule has 31 heavy (non-hydrogen) atoms. The third kappa shape index (κ3) is 4.83. The number of carbonyl (C=O) groups excluding carboxylic acids is 2. The van der Waals surface area contributed by atoms with Crippen molar-refractivity contribution < 1.29 is 35.9 Å². The van der Waals surface area contributed by atoms with Crippen LogP contribution in [-0.2, 0) is 30.5 Å². The maximum Gasteiger partial charge on any atom is 0.417 e. The molecule has 0 N–H and O–H groups in total. The third-order valence-electron chi connectivity index (χ3n) is 5.69. The molecule has 1 amide bonds. The van der Waals surface area contributed by atoms with Gasteiger partial charge in [0.2, 0.25) is 15.9 Å². The molecule has 2 aliphatic rings. The zero-order chi connectivity index (χ0) is 23.0. The second-order valence-corrected chi connectivity index (χ2v) is 9.88. The van der Waals surface area contributed by atoms with E-state index in [0.29, 0.717) is 25.5 Å². The maximum absolute atomic E-state index is 13.1.